The number of carbonyl (C=O) groups excluding carboxylic acids is 3. The van der Waals surface area contributed by atoms with Crippen LogP contribution >= 0.6 is 0 Å². The third-order valence-corrected chi connectivity index (χ3v) is 4.72. The van der Waals surface area contributed by atoms with Gasteiger partial charge in [0, 0.05) is 19.6 Å². The highest BCUT2D eigenvalue weighted by molar-refractivity contribution is 5.87. The van der Waals surface area contributed by atoms with Gasteiger partial charge < -0.3 is 19.2 Å². The van der Waals surface area contributed by atoms with Gasteiger partial charge >= 0.3 is 6.09 Å². The number of aldehydes is 1. The second-order valence-corrected chi connectivity index (χ2v) is 6.64. The molecule has 2 fully saturated rings. The van der Waals surface area contributed by atoms with Gasteiger partial charge in [0.25, 0.3) is 0 Å². The van der Waals surface area contributed by atoms with E-state index in [1.807, 2.05) is 30.3 Å². The highest BCUT2D eigenvalue weighted by atomic mass is 16.6. The Hall–Kier alpha value is -2.41. The number of rotatable bonds is 5. The first-order chi connectivity index (χ1) is 12.0. The van der Waals surface area contributed by atoms with Crippen LogP contribution in [-0.2, 0) is 25.7 Å². The molecule has 1 aromatic rings. The molecule has 2 aliphatic heterocycles. The Kier molecular flexibility index (Phi) is 5.03. The molecule has 2 aliphatic rings. The predicted octanol–water partition coefficient (Wildman–Crippen LogP) is 1.07. The largest absolute Gasteiger partial charge is 0.445 e. The predicted molar refractivity (Wildman–Crippen MR) is 88.7 cm³/mol. The van der Waals surface area contributed by atoms with Crippen LogP contribution in [-0.4, -0.2) is 67.0 Å². The van der Waals surface area contributed by atoms with Gasteiger partial charge in [-0.15, -0.1) is 0 Å². The molecule has 1 aromatic carbocycles. The smallest absolute Gasteiger partial charge is 0.410 e. The second-order valence-electron chi connectivity index (χ2n) is 6.64. The van der Waals surface area contributed by atoms with Crippen LogP contribution in [0.1, 0.15) is 12.5 Å². The van der Waals surface area contributed by atoms with E-state index in [1.54, 1.807) is 11.8 Å². The van der Waals surface area contributed by atoms with Gasteiger partial charge in [-0.25, -0.2) is 4.79 Å². The maximum atomic E-state index is 12.6. The zero-order valence-corrected chi connectivity index (χ0v) is 14.2. The maximum absolute atomic E-state index is 12.6. The number of benzene rings is 1. The molecular weight excluding hydrogens is 324 g/mol. The van der Waals surface area contributed by atoms with Crippen molar-refractivity contribution in [2.24, 2.45) is 5.41 Å². The Balaban J connectivity index is 1.55. The second kappa shape index (κ2) is 7.23. The number of piperazine rings is 1. The first kappa shape index (κ1) is 17.4. The van der Waals surface area contributed by atoms with E-state index in [0.29, 0.717) is 32.8 Å². The molecule has 0 saturated carbocycles. The summed E-state index contributed by atoms with van der Waals surface area (Å²) in [5, 5.41) is 0. The van der Waals surface area contributed by atoms with Crippen molar-refractivity contribution in [1.29, 1.82) is 0 Å². The van der Waals surface area contributed by atoms with E-state index in [1.165, 1.54) is 4.90 Å². The van der Waals surface area contributed by atoms with Crippen molar-refractivity contribution in [2.45, 2.75) is 19.6 Å². The molecule has 7 heteroatoms. The number of hydrogen-bond acceptors (Lipinski definition) is 5. The molecule has 2 amide bonds. The molecule has 0 radical (unpaired) electrons. The molecule has 134 valence electrons. The van der Waals surface area contributed by atoms with Crippen molar-refractivity contribution in [2.75, 3.05) is 32.8 Å². The molecule has 7 nitrogen and oxygen atoms in total. The molecule has 1 atom stereocenters. The summed E-state index contributed by atoms with van der Waals surface area (Å²) in [7, 11) is 0. The van der Waals surface area contributed by atoms with Crippen LogP contribution in [0.2, 0.25) is 0 Å². The van der Waals surface area contributed by atoms with Crippen molar-refractivity contribution in [3.8, 4) is 0 Å². The van der Waals surface area contributed by atoms with E-state index < -0.39 is 17.6 Å². The lowest BCUT2D eigenvalue weighted by atomic mass is 9.87. The summed E-state index contributed by atoms with van der Waals surface area (Å²) in [5.74, 6) is -0.170. The van der Waals surface area contributed by atoms with Gasteiger partial charge in [-0.3, -0.25) is 9.69 Å². The lowest BCUT2D eigenvalue weighted by molar-refractivity contribution is -0.160. The summed E-state index contributed by atoms with van der Waals surface area (Å²) >= 11 is 0. The number of amides is 2. The Morgan fingerprint density at radius 3 is 2.64 bits per heavy atom. The molecule has 25 heavy (non-hydrogen) atoms. The van der Waals surface area contributed by atoms with Crippen LogP contribution in [0.5, 0.6) is 0 Å². The van der Waals surface area contributed by atoms with Gasteiger partial charge in [0.2, 0.25) is 5.91 Å². The van der Waals surface area contributed by atoms with Crippen molar-refractivity contribution in [3.63, 3.8) is 0 Å². The maximum Gasteiger partial charge on any atom is 0.410 e. The van der Waals surface area contributed by atoms with Crippen LogP contribution < -0.4 is 0 Å². The summed E-state index contributed by atoms with van der Waals surface area (Å²) in [6, 6.07) is 8.78. The lowest BCUT2D eigenvalue weighted by Crippen LogP contribution is -2.62. The van der Waals surface area contributed by atoms with Crippen LogP contribution in [0.15, 0.2) is 30.3 Å². The normalized spacial score (nSPS) is 22.3. The van der Waals surface area contributed by atoms with Crippen LogP contribution in [0.4, 0.5) is 4.79 Å². The summed E-state index contributed by atoms with van der Waals surface area (Å²) in [5.41, 5.74) is 0.303. The summed E-state index contributed by atoms with van der Waals surface area (Å²) < 4.78 is 10.4. The lowest BCUT2D eigenvalue weighted by Gasteiger charge is -2.44. The highest BCUT2D eigenvalue weighted by Crippen LogP contribution is 2.27. The summed E-state index contributed by atoms with van der Waals surface area (Å²) in [4.78, 5) is 39.2. The van der Waals surface area contributed by atoms with Crippen molar-refractivity contribution in [1.82, 2.24) is 9.80 Å². The average molecular weight is 346 g/mol. The molecule has 3 rings (SSSR count). The standard InChI is InChI=1S/C18H22N2O5/c1-14-16(22)19(10-18(11-21)12-24-13-18)7-8-20(14)17(23)25-9-15-5-3-2-4-6-15/h2-6,11,14H,7-10,12-13H2,1H3. The fraction of sp³-hybridized carbons (Fsp3) is 0.500. The zero-order chi connectivity index (χ0) is 17.9. The monoisotopic (exact) mass is 346 g/mol. The molecule has 0 aliphatic carbocycles. The Labute approximate surface area is 146 Å². The number of nitrogens with zero attached hydrogens (tertiary/aromatic N) is 2. The van der Waals surface area contributed by atoms with Gasteiger partial charge in [-0.2, -0.15) is 0 Å². The summed E-state index contributed by atoms with van der Waals surface area (Å²) in [6.45, 7) is 3.66. The van der Waals surface area contributed by atoms with Gasteiger partial charge in [0.1, 0.15) is 18.9 Å². The molecule has 0 spiro atoms. The molecular formula is C18H22N2O5. The Bertz CT molecular complexity index is 644. The topological polar surface area (TPSA) is 76.2 Å². The number of ether oxygens (including phenoxy) is 2. The summed E-state index contributed by atoms with van der Waals surface area (Å²) in [6.07, 6.45) is 0.371. The van der Waals surface area contributed by atoms with Crippen LogP contribution in [0.3, 0.4) is 0 Å². The average Bonchev–Trinajstić information content (AvgIpc) is 2.60. The zero-order valence-electron chi connectivity index (χ0n) is 14.2. The SMILES string of the molecule is CC1C(=O)N(CC2(C=O)COC2)CCN1C(=O)OCc1ccccc1. The first-order valence-electron chi connectivity index (χ1n) is 8.35. The fourth-order valence-corrected chi connectivity index (χ4v) is 3.08. The molecule has 2 heterocycles. The molecule has 0 bridgehead atoms. The fourth-order valence-electron chi connectivity index (χ4n) is 3.08. The van der Waals surface area contributed by atoms with E-state index in [0.717, 1.165) is 11.8 Å². The molecule has 2 saturated heterocycles. The first-order valence-corrected chi connectivity index (χ1v) is 8.35. The van der Waals surface area contributed by atoms with Gasteiger partial charge in [-0.1, -0.05) is 30.3 Å². The van der Waals surface area contributed by atoms with Crippen molar-refractivity contribution >= 4 is 18.3 Å². The Morgan fingerprint density at radius 2 is 2.04 bits per heavy atom. The highest BCUT2D eigenvalue weighted by Gasteiger charge is 2.44. The van der Waals surface area contributed by atoms with Crippen molar-refractivity contribution < 1.29 is 23.9 Å². The molecule has 0 N–H and O–H groups in total. The van der Waals surface area contributed by atoms with Gasteiger partial charge in [-0.05, 0) is 12.5 Å². The minimum absolute atomic E-state index is 0.170. The van der Waals surface area contributed by atoms with Gasteiger partial charge in [0.15, 0.2) is 0 Å². The van der Waals surface area contributed by atoms with E-state index in [-0.39, 0.29) is 12.5 Å². The minimum Gasteiger partial charge on any atom is -0.445 e. The number of hydrogen-bond donors (Lipinski definition) is 0. The van der Waals surface area contributed by atoms with Crippen molar-refractivity contribution in [3.05, 3.63) is 35.9 Å². The molecule has 0 aromatic heterocycles. The van der Waals surface area contributed by atoms with Gasteiger partial charge in [0.05, 0.1) is 18.6 Å². The quantitative estimate of drug-likeness (QED) is 0.746. The van der Waals surface area contributed by atoms with Crippen LogP contribution in [0, 0.1) is 5.41 Å². The van der Waals surface area contributed by atoms with E-state index in [2.05, 4.69) is 0 Å². The van der Waals surface area contributed by atoms with E-state index >= 15 is 0 Å². The third kappa shape index (κ3) is 3.66. The molecule has 1 unspecified atom stereocenters. The van der Waals surface area contributed by atoms with E-state index in [9.17, 15) is 14.4 Å². The van der Waals surface area contributed by atoms with Crippen LogP contribution in [0.25, 0.3) is 0 Å². The Morgan fingerprint density at radius 1 is 1.32 bits per heavy atom. The number of carbonyl (C=O) groups is 3. The van der Waals surface area contributed by atoms with E-state index in [4.69, 9.17) is 9.47 Å². The third-order valence-electron chi connectivity index (χ3n) is 4.72. The minimum atomic E-state index is -0.610.